The number of rotatable bonds is 2. The largest absolute Gasteiger partial charge is 0.374 e. The summed E-state index contributed by atoms with van der Waals surface area (Å²) < 4.78 is 0. The van der Waals surface area contributed by atoms with Crippen LogP contribution in [0.25, 0.3) is 0 Å². The zero-order chi connectivity index (χ0) is 17.6. The van der Waals surface area contributed by atoms with Crippen molar-refractivity contribution in [3.8, 4) is 0 Å². The van der Waals surface area contributed by atoms with Gasteiger partial charge in [0.15, 0.2) is 0 Å². The van der Waals surface area contributed by atoms with E-state index in [1.165, 1.54) is 69.5 Å². The Kier molecular flexibility index (Phi) is 4.04. The van der Waals surface area contributed by atoms with E-state index in [9.17, 15) is 0 Å². The van der Waals surface area contributed by atoms with Crippen LogP contribution in [0.1, 0.15) is 36.0 Å². The van der Waals surface area contributed by atoms with Gasteiger partial charge in [-0.15, -0.1) is 0 Å². The average molecular weight is 347 g/mol. The summed E-state index contributed by atoms with van der Waals surface area (Å²) in [7, 11) is 2.26. The fourth-order valence-corrected chi connectivity index (χ4v) is 5.85. The first-order valence-corrected chi connectivity index (χ1v) is 10.3. The van der Waals surface area contributed by atoms with E-state index in [2.05, 4.69) is 65.4 Å². The maximum atomic E-state index is 2.75. The van der Waals surface area contributed by atoms with Crippen molar-refractivity contribution < 1.29 is 0 Å². The second kappa shape index (κ2) is 6.42. The molecule has 3 aliphatic rings. The van der Waals surface area contributed by atoms with E-state index in [1.54, 1.807) is 11.1 Å². The molecule has 0 aromatic heterocycles. The molecule has 0 N–H and O–H groups in total. The first-order valence-electron chi connectivity index (χ1n) is 10.3. The maximum absolute atomic E-state index is 2.75. The van der Waals surface area contributed by atoms with Crippen molar-refractivity contribution in [2.45, 2.75) is 37.5 Å². The lowest BCUT2D eigenvalue weighted by molar-refractivity contribution is 0.139. The molecule has 1 aliphatic carbocycles. The van der Waals surface area contributed by atoms with E-state index < -0.39 is 0 Å². The van der Waals surface area contributed by atoms with Gasteiger partial charge in [-0.25, -0.2) is 0 Å². The van der Waals surface area contributed by atoms with Gasteiger partial charge in [0, 0.05) is 25.8 Å². The second-order valence-electron chi connectivity index (χ2n) is 8.82. The van der Waals surface area contributed by atoms with E-state index in [1.807, 2.05) is 0 Å². The SMILES string of the molecule is CN1CC(CN2CCC3(CCc4ccccc43)CC2)Cc2ccccc21. The average Bonchev–Trinajstić information content (AvgIpc) is 3.03. The number of fused-ring (bicyclic) bond motifs is 3. The van der Waals surface area contributed by atoms with Crippen LogP contribution in [-0.4, -0.2) is 38.1 Å². The van der Waals surface area contributed by atoms with Crippen LogP contribution in [0.15, 0.2) is 48.5 Å². The molecule has 0 radical (unpaired) electrons. The third-order valence-corrected chi connectivity index (χ3v) is 7.23. The monoisotopic (exact) mass is 346 g/mol. The van der Waals surface area contributed by atoms with Crippen LogP contribution in [0.2, 0.25) is 0 Å². The smallest absolute Gasteiger partial charge is 0.0396 e. The highest BCUT2D eigenvalue weighted by atomic mass is 15.2. The van der Waals surface area contributed by atoms with Gasteiger partial charge in [0.05, 0.1) is 0 Å². The molecule has 1 spiro atoms. The zero-order valence-electron chi connectivity index (χ0n) is 16.0. The second-order valence-corrected chi connectivity index (χ2v) is 8.82. The van der Waals surface area contributed by atoms with E-state index >= 15 is 0 Å². The topological polar surface area (TPSA) is 6.48 Å². The Morgan fingerprint density at radius 2 is 1.65 bits per heavy atom. The molecule has 2 heterocycles. The van der Waals surface area contributed by atoms with Gasteiger partial charge in [0.25, 0.3) is 0 Å². The summed E-state index contributed by atoms with van der Waals surface area (Å²) in [5, 5.41) is 0. The Bertz CT molecular complexity index is 788. The van der Waals surface area contributed by atoms with Crippen molar-refractivity contribution in [3.05, 3.63) is 65.2 Å². The molecule has 5 rings (SSSR count). The summed E-state index contributed by atoms with van der Waals surface area (Å²) >= 11 is 0. The predicted octanol–water partition coefficient (Wildman–Crippen LogP) is 4.28. The van der Waals surface area contributed by atoms with Gasteiger partial charge >= 0.3 is 0 Å². The lowest BCUT2D eigenvalue weighted by atomic mass is 9.73. The number of hydrogen-bond acceptors (Lipinski definition) is 2. The van der Waals surface area contributed by atoms with Crippen LogP contribution in [0, 0.1) is 5.92 Å². The Morgan fingerprint density at radius 1 is 0.923 bits per heavy atom. The van der Waals surface area contributed by atoms with Gasteiger partial charge < -0.3 is 9.80 Å². The van der Waals surface area contributed by atoms with Crippen LogP contribution < -0.4 is 4.90 Å². The van der Waals surface area contributed by atoms with Gasteiger partial charge in [-0.05, 0) is 79.3 Å². The molecular formula is C24H30N2. The Balaban J connectivity index is 1.24. The summed E-state index contributed by atoms with van der Waals surface area (Å²) in [6, 6.07) is 18.2. The highest BCUT2D eigenvalue weighted by Crippen LogP contribution is 2.46. The molecule has 2 aromatic rings. The summed E-state index contributed by atoms with van der Waals surface area (Å²) in [6.45, 7) is 5.00. The van der Waals surface area contributed by atoms with Gasteiger partial charge in [-0.3, -0.25) is 0 Å². The van der Waals surface area contributed by atoms with Gasteiger partial charge in [-0.2, -0.15) is 0 Å². The number of benzene rings is 2. The normalized spacial score (nSPS) is 24.5. The van der Waals surface area contributed by atoms with E-state index in [0.717, 1.165) is 5.92 Å². The molecule has 1 fully saturated rings. The van der Waals surface area contributed by atoms with Crippen LogP contribution in [0.5, 0.6) is 0 Å². The summed E-state index contributed by atoms with van der Waals surface area (Å²) in [4.78, 5) is 5.21. The Labute approximate surface area is 157 Å². The first kappa shape index (κ1) is 16.4. The fourth-order valence-electron chi connectivity index (χ4n) is 5.85. The van der Waals surface area contributed by atoms with Gasteiger partial charge in [-0.1, -0.05) is 42.5 Å². The van der Waals surface area contributed by atoms with Crippen LogP contribution in [0.3, 0.4) is 0 Å². The summed E-state index contributed by atoms with van der Waals surface area (Å²) in [5.74, 6) is 0.764. The van der Waals surface area contributed by atoms with E-state index in [-0.39, 0.29) is 0 Å². The molecule has 2 heteroatoms. The third kappa shape index (κ3) is 2.75. The lowest BCUT2D eigenvalue weighted by Gasteiger charge is -2.42. The molecule has 0 amide bonds. The quantitative estimate of drug-likeness (QED) is 0.801. The number of piperidine rings is 1. The molecule has 0 bridgehead atoms. The molecule has 2 aliphatic heterocycles. The van der Waals surface area contributed by atoms with Crippen LogP contribution >= 0.6 is 0 Å². The van der Waals surface area contributed by atoms with Crippen molar-refractivity contribution in [2.24, 2.45) is 5.92 Å². The van der Waals surface area contributed by atoms with Crippen molar-refractivity contribution in [1.29, 1.82) is 0 Å². The predicted molar refractivity (Wildman–Crippen MR) is 109 cm³/mol. The molecule has 136 valence electrons. The highest BCUT2D eigenvalue weighted by molar-refractivity contribution is 5.55. The standard InChI is InChI=1S/C24H30N2/c1-25-17-19(16-21-7-3-5-9-23(21)25)18-26-14-12-24(13-15-26)11-10-20-6-2-4-8-22(20)24/h2-9,19H,10-18H2,1H3. The highest BCUT2D eigenvalue weighted by Gasteiger charge is 2.41. The number of anilines is 1. The van der Waals surface area contributed by atoms with Crippen molar-refractivity contribution in [2.75, 3.05) is 38.1 Å². The van der Waals surface area contributed by atoms with Gasteiger partial charge in [0.2, 0.25) is 0 Å². The molecule has 1 atom stereocenters. The molecule has 2 aromatic carbocycles. The number of nitrogens with zero attached hydrogens (tertiary/aromatic N) is 2. The number of likely N-dealkylation sites (tertiary alicyclic amines) is 1. The van der Waals surface area contributed by atoms with Crippen molar-refractivity contribution in [1.82, 2.24) is 4.90 Å². The van der Waals surface area contributed by atoms with E-state index in [0.29, 0.717) is 5.41 Å². The Hall–Kier alpha value is -1.80. The van der Waals surface area contributed by atoms with Gasteiger partial charge in [0.1, 0.15) is 0 Å². The lowest BCUT2D eigenvalue weighted by Crippen LogP contribution is -2.46. The molecule has 1 saturated heterocycles. The molecule has 1 unspecified atom stereocenters. The summed E-state index contributed by atoms with van der Waals surface area (Å²) in [6.07, 6.45) is 6.61. The minimum absolute atomic E-state index is 0.489. The zero-order valence-corrected chi connectivity index (χ0v) is 16.0. The molecule has 2 nitrogen and oxygen atoms in total. The van der Waals surface area contributed by atoms with Crippen LogP contribution in [0.4, 0.5) is 5.69 Å². The molecular weight excluding hydrogens is 316 g/mol. The van der Waals surface area contributed by atoms with E-state index in [4.69, 9.17) is 0 Å². The van der Waals surface area contributed by atoms with Crippen molar-refractivity contribution in [3.63, 3.8) is 0 Å². The number of hydrogen-bond donors (Lipinski definition) is 0. The summed E-state index contributed by atoms with van der Waals surface area (Å²) in [5.41, 5.74) is 6.74. The van der Waals surface area contributed by atoms with Crippen molar-refractivity contribution >= 4 is 5.69 Å². The fraction of sp³-hybridized carbons (Fsp3) is 0.500. The first-order chi connectivity index (χ1) is 12.7. The maximum Gasteiger partial charge on any atom is 0.0396 e. The molecule has 0 saturated carbocycles. The Morgan fingerprint density at radius 3 is 2.50 bits per heavy atom. The molecule has 26 heavy (non-hydrogen) atoms. The minimum Gasteiger partial charge on any atom is -0.374 e. The van der Waals surface area contributed by atoms with Crippen LogP contribution in [-0.2, 0) is 18.3 Å². The third-order valence-electron chi connectivity index (χ3n) is 7.23. The minimum atomic E-state index is 0.489. The number of para-hydroxylation sites is 1. The number of aryl methyl sites for hydroxylation is 1.